The number of nitrogens with two attached hydrogens (primary N) is 1. The van der Waals surface area contributed by atoms with Crippen LogP contribution < -0.4 is 5.73 Å². The number of anilines is 1. The Balaban J connectivity index is 1.90. The molecule has 3 rings (SSSR count). The van der Waals surface area contributed by atoms with Crippen molar-refractivity contribution >= 4 is 38.4 Å². The Hall–Kier alpha value is -3.51. The number of nitro groups is 1. The van der Waals surface area contributed by atoms with Gasteiger partial charge in [0, 0.05) is 38.5 Å². The zero-order chi connectivity index (χ0) is 22.9. The van der Waals surface area contributed by atoms with E-state index in [0.29, 0.717) is 23.4 Å². The Bertz CT molecular complexity index is 1280. The van der Waals surface area contributed by atoms with Gasteiger partial charge >= 0.3 is 5.97 Å². The standard InChI is InChI=1S/C19H21N5O6S/c1-4-23-17-8-6-13(31(28,29)22(2)3)10-16(17)21-18(23)11-30-19(25)14-9-12(24(26)27)5-7-15(14)20/h5-10H,4,11,20H2,1-3H3. The molecule has 2 N–H and O–H groups in total. The molecule has 31 heavy (non-hydrogen) atoms. The molecule has 0 bridgehead atoms. The lowest BCUT2D eigenvalue weighted by Gasteiger charge is -2.11. The molecule has 0 fully saturated rings. The van der Waals surface area contributed by atoms with Crippen LogP contribution in [0.3, 0.4) is 0 Å². The minimum absolute atomic E-state index is 0.0538. The molecule has 0 unspecified atom stereocenters. The van der Waals surface area contributed by atoms with Crippen molar-refractivity contribution in [1.29, 1.82) is 0 Å². The number of aromatic nitrogens is 2. The molecule has 0 atom stereocenters. The van der Waals surface area contributed by atoms with Crippen molar-refractivity contribution in [2.24, 2.45) is 0 Å². The highest BCUT2D eigenvalue weighted by molar-refractivity contribution is 7.89. The molecular formula is C19H21N5O6S. The average Bonchev–Trinajstić information content (AvgIpc) is 3.08. The molecule has 2 aromatic carbocycles. The third-order valence-electron chi connectivity index (χ3n) is 4.69. The van der Waals surface area contributed by atoms with Crippen LogP contribution in [-0.2, 0) is 27.9 Å². The normalized spacial score (nSPS) is 11.7. The minimum Gasteiger partial charge on any atom is -0.454 e. The highest BCUT2D eigenvalue weighted by Gasteiger charge is 2.21. The number of hydrogen-bond acceptors (Lipinski definition) is 8. The summed E-state index contributed by atoms with van der Waals surface area (Å²) in [5, 5.41) is 10.9. The second-order valence-corrected chi connectivity index (χ2v) is 8.97. The number of esters is 1. The molecule has 0 aliphatic heterocycles. The number of non-ortho nitro benzene ring substituents is 1. The van der Waals surface area contributed by atoms with Crippen LogP contribution in [0.1, 0.15) is 23.1 Å². The summed E-state index contributed by atoms with van der Waals surface area (Å²) >= 11 is 0. The molecule has 1 heterocycles. The van der Waals surface area contributed by atoms with Gasteiger partial charge in [0.2, 0.25) is 10.0 Å². The van der Waals surface area contributed by atoms with Gasteiger partial charge in [0.15, 0.2) is 0 Å². The monoisotopic (exact) mass is 447 g/mol. The molecular weight excluding hydrogens is 426 g/mol. The van der Waals surface area contributed by atoms with Crippen molar-refractivity contribution in [2.75, 3.05) is 19.8 Å². The molecule has 164 valence electrons. The molecule has 0 saturated carbocycles. The van der Waals surface area contributed by atoms with Crippen LogP contribution in [0.2, 0.25) is 0 Å². The van der Waals surface area contributed by atoms with Gasteiger partial charge in [0.05, 0.1) is 26.4 Å². The van der Waals surface area contributed by atoms with Gasteiger partial charge in [0.25, 0.3) is 5.69 Å². The third kappa shape index (κ3) is 4.20. The number of benzene rings is 2. The number of imidazole rings is 1. The zero-order valence-electron chi connectivity index (χ0n) is 17.1. The first kappa shape index (κ1) is 22.2. The summed E-state index contributed by atoms with van der Waals surface area (Å²) in [6.45, 7) is 2.15. The van der Waals surface area contributed by atoms with E-state index in [1.165, 1.54) is 38.4 Å². The fourth-order valence-corrected chi connectivity index (χ4v) is 3.96. The maximum atomic E-state index is 12.4. The second kappa shape index (κ2) is 8.32. The van der Waals surface area contributed by atoms with Crippen molar-refractivity contribution in [2.45, 2.75) is 25.0 Å². The van der Waals surface area contributed by atoms with Crippen molar-refractivity contribution < 1.29 is 22.9 Å². The topological polar surface area (TPSA) is 151 Å². The van der Waals surface area contributed by atoms with Gasteiger partial charge in [-0.1, -0.05) is 0 Å². The van der Waals surface area contributed by atoms with Gasteiger partial charge in [-0.05, 0) is 31.2 Å². The lowest BCUT2D eigenvalue weighted by atomic mass is 10.1. The summed E-state index contributed by atoms with van der Waals surface area (Å²) in [6.07, 6.45) is 0. The van der Waals surface area contributed by atoms with Gasteiger partial charge in [-0.15, -0.1) is 0 Å². The maximum Gasteiger partial charge on any atom is 0.340 e. The molecule has 0 amide bonds. The largest absolute Gasteiger partial charge is 0.454 e. The molecule has 11 nitrogen and oxygen atoms in total. The molecule has 0 saturated heterocycles. The van der Waals surface area contributed by atoms with E-state index in [-0.39, 0.29) is 28.4 Å². The summed E-state index contributed by atoms with van der Waals surface area (Å²) in [5.74, 6) is -0.430. The van der Waals surface area contributed by atoms with Crippen LogP contribution in [-0.4, -0.2) is 47.3 Å². The number of carbonyl (C=O) groups excluding carboxylic acids is 1. The van der Waals surface area contributed by atoms with Crippen molar-refractivity contribution in [3.63, 3.8) is 0 Å². The number of nitro benzene ring substituents is 1. The number of ether oxygens (including phenoxy) is 1. The summed E-state index contributed by atoms with van der Waals surface area (Å²) in [6, 6.07) is 8.11. The molecule has 3 aromatic rings. The van der Waals surface area contributed by atoms with E-state index in [2.05, 4.69) is 4.98 Å². The van der Waals surface area contributed by atoms with E-state index in [1.807, 2.05) is 6.92 Å². The van der Waals surface area contributed by atoms with Crippen LogP contribution in [0, 0.1) is 10.1 Å². The Kier molecular flexibility index (Phi) is 5.95. The van der Waals surface area contributed by atoms with Gasteiger partial charge in [0.1, 0.15) is 12.4 Å². The minimum atomic E-state index is -3.63. The predicted molar refractivity (Wildman–Crippen MR) is 113 cm³/mol. The Labute approximate surface area is 178 Å². The number of aryl methyl sites for hydroxylation is 1. The first-order valence-corrected chi connectivity index (χ1v) is 10.6. The van der Waals surface area contributed by atoms with E-state index in [0.717, 1.165) is 10.4 Å². The molecule has 0 aliphatic carbocycles. The number of carbonyl (C=O) groups is 1. The average molecular weight is 447 g/mol. The number of sulfonamides is 1. The lowest BCUT2D eigenvalue weighted by molar-refractivity contribution is -0.384. The quantitative estimate of drug-likeness (QED) is 0.250. The number of nitrogens with zero attached hydrogens (tertiary/aromatic N) is 4. The molecule has 12 heteroatoms. The third-order valence-corrected chi connectivity index (χ3v) is 6.50. The number of rotatable bonds is 7. The molecule has 0 spiro atoms. The number of fused-ring (bicyclic) bond motifs is 1. The summed E-state index contributed by atoms with van der Waals surface area (Å²) < 4.78 is 32.9. The van der Waals surface area contributed by atoms with E-state index in [9.17, 15) is 23.3 Å². The van der Waals surface area contributed by atoms with Crippen LogP contribution in [0.5, 0.6) is 0 Å². The Morgan fingerprint density at radius 2 is 1.97 bits per heavy atom. The predicted octanol–water partition coefficient (Wildman–Crippen LogP) is 2.15. The summed E-state index contributed by atoms with van der Waals surface area (Å²) in [4.78, 5) is 27.3. The van der Waals surface area contributed by atoms with Crippen molar-refractivity contribution in [3.8, 4) is 0 Å². The Morgan fingerprint density at radius 1 is 1.26 bits per heavy atom. The maximum absolute atomic E-state index is 12.4. The number of nitrogen functional groups attached to an aromatic ring is 1. The fraction of sp³-hybridized carbons (Fsp3) is 0.263. The van der Waals surface area contributed by atoms with Crippen molar-refractivity contribution in [3.05, 3.63) is 57.9 Å². The van der Waals surface area contributed by atoms with Crippen LogP contribution >= 0.6 is 0 Å². The van der Waals surface area contributed by atoms with E-state index < -0.39 is 20.9 Å². The van der Waals surface area contributed by atoms with Gasteiger partial charge in [-0.3, -0.25) is 10.1 Å². The Morgan fingerprint density at radius 3 is 2.58 bits per heavy atom. The lowest BCUT2D eigenvalue weighted by Crippen LogP contribution is -2.22. The summed E-state index contributed by atoms with van der Waals surface area (Å²) in [7, 11) is -0.748. The second-order valence-electron chi connectivity index (χ2n) is 6.82. The van der Waals surface area contributed by atoms with Crippen LogP contribution in [0.15, 0.2) is 41.3 Å². The van der Waals surface area contributed by atoms with Gasteiger partial charge in [-0.25, -0.2) is 22.5 Å². The highest BCUT2D eigenvalue weighted by Crippen LogP contribution is 2.24. The van der Waals surface area contributed by atoms with Gasteiger partial charge < -0.3 is 15.0 Å². The fourth-order valence-electron chi connectivity index (χ4n) is 3.04. The van der Waals surface area contributed by atoms with Crippen molar-refractivity contribution in [1.82, 2.24) is 13.9 Å². The molecule has 0 aliphatic rings. The van der Waals surface area contributed by atoms with Crippen LogP contribution in [0.4, 0.5) is 11.4 Å². The first-order chi connectivity index (χ1) is 14.6. The number of hydrogen-bond donors (Lipinski definition) is 1. The van der Waals surface area contributed by atoms with Crippen LogP contribution in [0.25, 0.3) is 11.0 Å². The summed E-state index contributed by atoms with van der Waals surface area (Å²) in [5.41, 5.74) is 6.53. The highest BCUT2D eigenvalue weighted by atomic mass is 32.2. The van der Waals surface area contributed by atoms with E-state index in [4.69, 9.17) is 10.5 Å². The molecule has 0 radical (unpaired) electrons. The first-order valence-electron chi connectivity index (χ1n) is 9.19. The SMILES string of the molecule is CCn1c(COC(=O)c2cc([N+](=O)[O-])ccc2N)nc2cc(S(=O)(=O)N(C)C)ccc21. The zero-order valence-corrected chi connectivity index (χ0v) is 17.9. The smallest absolute Gasteiger partial charge is 0.340 e. The molecule has 1 aromatic heterocycles. The van der Waals surface area contributed by atoms with E-state index in [1.54, 1.807) is 10.6 Å². The van der Waals surface area contributed by atoms with E-state index >= 15 is 0 Å². The van der Waals surface area contributed by atoms with Gasteiger partial charge in [-0.2, -0.15) is 0 Å².